The molecule has 0 radical (unpaired) electrons. The molecule has 0 unspecified atom stereocenters. The lowest BCUT2D eigenvalue weighted by molar-refractivity contribution is -0.137. The van der Waals surface area contributed by atoms with Gasteiger partial charge in [-0.05, 0) is 45.9 Å². The van der Waals surface area contributed by atoms with Crippen LogP contribution in [0.1, 0.15) is 50.1 Å². The van der Waals surface area contributed by atoms with Gasteiger partial charge in [0, 0.05) is 30.3 Å². The number of carbonyl (C=O) groups excluding carboxylic acids is 2. The molecule has 2 aromatic rings. The molecule has 1 N–H and O–H groups in total. The summed E-state index contributed by atoms with van der Waals surface area (Å²) in [4.78, 5) is 26.4. The molecule has 1 aromatic heterocycles. The summed E-state index contributed by atoms with van der Waals surface area (Å²) in [6.45, 7) is 7.73. The van der Waals surface area contributed by atoms with Gasteiger partial charge in [0.15, 0.2) is 0 Å². The molecule has 1 aliphatic heterocycles. The summed E-state index contributed by atoms with van der Waals surface area (Å²) in [7, 11) is 0. The zero-order chi connectivity index (χ0) is 22.2. The third-order valence-corrected chi connectivity index (χ3v) is 5.44. The zero-order valence-electron chi connectivity index (χ0n) is 17.3. The summed E-state index contributed by atoms with van der Waals surface area (Å²) < 4.78 is 40.5. The van der Waals surface area contributed by atoms with Gasteiger partial charge in [-0.2, -0.15) is 18.3 Å². The second-order valence-corrected chi connectivity index (χ2v) is 7.92. The lowest BCUT2D eigenvalue weighted by Gasteiger charge is -2.21. The van der Waals surface area contributed by atoms with Crippen molar-refractivity contribution in [2.45, 2.75) is 52.4 Å². The van der Waals surface area contributed by atoms with Crippen LogP contribution in [0.5, 0.6) is 0 Å². The number of hydrogen-bond acceptors (Lipinski definition) is 3. The summed E-state index contributed by atoms with van der Waals surface area (Å²) in [5, 5.41) is 7.13. The van der Waals surface area contributed by atoms with Crippen LogP contribution in [0.3, 0.4) is 0 Å². The Bertz CT molecular complexity index is 952. The molecule has 2 amide bonds. The van der Waals surface area contributed by atoms with Crippen molar-refractivity contribution in [2.24, 2.45) is 5.92 Å². The Labute approximate surface area is 173 Å². The fourth-order valence-electron chi connectivity index (χ4n) is 3.74. The lowest BCUT2D eigenvalue weighted by Crippen LogP contribution is -2.36. The molecule has 9 heteroatoms. The van der Waals surface area contributed by atoms with Gasteiger partial charge in [0.25, 0.3) is 0 Å². The van der Waals surface area contributed by atoms with E-state index < -0.39 is 23.7 Å². The largest absolute Gasteiger partial charge is 0.416 e. The lowest BCUT2D eigenvalue weighted by atomic mass is 10.1. The SMILES string of the molecule is Cc1c([C@H](C)NC(=O)[C@@H]2CC(=O)N(C(C)C)C2)cnn1-c1cccc(C(F)(F)F)c1. The fraction of sp³-hybridized carbons (Fsp3) is 0.476. The highest BCUT2D eigenvalue weighted by molar-refractivity contribution is 5.89. The summed E-state index contributed by atoms with van der Waals surface area (Å²) in [6.07, 6.45) is -2.72. The number of likely N-dealkylation sites (tertiary alicyclic amines) is 1. The number of nitrogens with one attached hydrogen (secondary N) is 1. The number of aromatic nitrogens is 2. The van der Waals surface area contributed by atoms with Gasteiger partial charge >= 0.3 is 6.18 Å². The van der Waals surface area contributed by atoms with E-state index in [1.54, 1.807) is 31.0 Å². The average molecular weight is 422 g/mol. The first kappa shape index (κ1) is 21.9. The summed E-state index contributed by atoms with van der Waals surface area (Å²) in [6, 6.07) is 4.57. The molecule has 0 spiro atoms. The first-order valence-electron chi connectivity index (χ1n) is 9.81. The quantitative estimate of drug-likeness (QED) is 0.800. The molecule has 30 heavy (non-hydrogen) atoms. The van der Waals surface area contributed by atoms with Crippen LogP contribution < -0.4 is 5.32 Å². The Balaban J connectivity index is 1.75. The molecule has 2 heterocycles. The predicted octanol–water partition coefficient (Wildman–Crippen LogP) is 3.63. The second kappa shape index (κ2) is 8.12. The van der Waals surface area contributed by atoms with Crippen LogP contribution in [0, 0.1) is 12.8 Å². The number of halogens is 3. The minimum atomic E-state index is -4.44. The maximum Gasteiger partial charge on any atom is 0.416 e. The molecular formula is C21H25F3N4O2. The maximum absolute atomic E-state index is 13.0. The van der Waals surface area contributed by atoms with Crippen LogP contribution in [0.15, 0.2) is 30.5 Å². The summed E-state index contributed by atoms with van der Waals surface area (Å²) in [5.41, 5.74) is 0.874. The highest BCUT2D eigenvalue weighted by Gasteiger charge is 2.36. The third kappa shape index (κ3) is 4.34. The second-order valence-electron chi connectivity index (χ2n) is 7.92. The van der Waals surface area contributed by atoms with Gasteiger partial charge in [-0.3, -0.25) is 9.59 Å². The average Bonchev–Trinajstić information content (AvgIpc) is 3.24. The smallest absolute Gasteiger partial charge is 0.349 e. The Morgan fingerprint density at radius 1 is 1.27 bits per heavy atom. The van der Waals surface area contributed by atoms with Gasteiger partial charge in [-0.15, -0.1) is 0 Å². The van der Waals surface area contributed by atoms with E-state index in [2.05, 4.69) is 10.4 Å². The molecule has 0 aliphatic carbocycles. The molecule has 1 fully saturated rings. The highest BCUT2D eigenvalue weighted by Crippen LogP contribution is 2.31. The van der Waals surface area contributed by atoms with E-state index in [0.29, 0.717) is 23.5 Å². The number of carbonyl (C=O) groups is 2. The minimum absolute atomic E-state index is 0.0358. The van der Waals surface area contributed by atoms with Crippen molar-refractivity contribution in [1.82, 2.24) is 20.0 Å². The molecule has 0 bridgehead atoms. The minimum Gasteiger partial charge on any atom is -0.349 e. The van der Waals surface area contributed by atoms with Gasteiger partial charge in [0.05, 0.1) is 29.4 Å². The van der Waals surface area contributed by atoms with Crippen LogP contribution in [0.4, 0.5) is 13.2 Å². The van der Waals surface area contributed by atoms with Crippen molar-refractivity contribution in [3.05, 3.63) is 47.3 Å². The van der Waals surface area contributed by atoms with Gasteiger partial charge in [0.2, 0.25) is 11.8 Å². The summed E-state index contributed by atoms with van der Waals surface area (Å²) in [5.74, 6) is -0.669. The van der Waals surface area contributed by atoms with Gasteiger partial charge < -0.3 is 10.2 Å². The van der Waals surface area contributed by atoms with E-state index in [9.17, 15) is 22.8 Å². The van der Waals surface area contributed by atoms with Crippen LogP contribution in [0.2, 0.25) is 0 Å². The molecule has 1 aliphatic rings. The number of benzene rings is 1. The van der Waals surface area contributed by atoms with Gasteiger partial charge in [-0.25, -0.2) is 4.68 Å². The maximum atomic E-state index is 13.0. The number of nitrogens with zero attached hydrogens (tertiary/aromatic N) is 3. The van der Waals surface area contributed by atoms with E-state index in [0.717, 1.165) is 12.1 Å². The third-order valence-electron chi connectivity index (χ3n) is 5.44. The molecule has 1 aromatic carbocycles. The number of hydrogen-bond donors (Lipinski definition) is 1. The van der Waals surface area contributed by atoms with Crippen molar-refractivity contribution < 1.29 is 22.8 Å². The number of amides is 2. The van der Waals surface area contributed by atoms with Crippen LogP contribution in [-0.2, 0) is 15.8 Å². The Morgan fingerprint density at radius 2 is 1.97 bits per heavy atom. The molecule has 1 saturated heterocycles. The monoisotopic (exact) mass is 422 g/mol. The molecule has 0 saturated carbocycles. The molecule has 6 nitrogen and oxygen atoms in total. The van der Waals surface area contributed by atoms with Crippen LogP contribution in [-0.4, -0.2) is 39.1 Å². The fourth-order valence-corrected chi connectivity index (χ4v) is 3.74. The Hall–Kier alpha value is -2.84. The van der Waals surface area contributed by atoms with E-state index in [4.69, 9.17) is 0 Å². The predicted molar refractivity (Wildman–Crippen MR) is 105 cm³/mol. The van der Waals surface area contributed by atoms with Crippen molar-refractivity contribution >= 4 is 11.8 Å². The molecule has 3 rings (SSSR count). The first-order chi connectivity index (χ1) is 14.0. The van der Waals surface area contributed by atoms with E-state index in [1.165, 1.54) is 10.7 Å². The van der Waals surface area contributed by atoms with E-state index in [1.807, 2.05) is 13.8 Å². The van der Waals surface area contributed by atoms with Gasteiger partial charge in [0.1, 0.15) is 0 Å². The van der Waals surface area contributed by atoms with Crippen molar-refractivity contribution in [3.8, 4) is 5.69 Å². The first-order valence-corrected chi connectivity index (χ1v) is 9.81. The molecular weight excluding hydrogens is 397 g/mol. The standard InChI is InChI=1S/C21H25F3N4O2/c1-12(2)27-11-15(8-19(27)29)20(30)26-13(3)18-10-25-28(14(18)4)17-7-5-6-16(9-17)21(22,23)24/h5-7,9-10,12-13,15H,8,11H2,1-4H3,(H,26,30)/t13-,15+/m0/s1. The van der Waals surface area contributed by atoms with Gasteiger partial charge in [-0.1, -0.05) is 6.07 Å². The van der Waals surface area contributed by atoms with Crippen LogP contribution in [0.25, 0.3) is 5.69 Å². The highest BCUT2D eigenvalue weighted by atomic mass is 19.4. The zero-order valence-corrected chi connectivity index (χ0v) is 17.3. The summed E-state index contributed by atoms with van der Waals surface area (Å²) >= 11 is 0. The molecule has 2 atom stereocenters. The van der Waals surface area contributed by atoms with Crippen molar-refractivity contribution in [2.75, 3.05) is 6.54 Å². The normalized spacial score (nSPS) is 18.2. The Kier molecular flexibility index (Phi) is 5.92. The van der Waals surface area contributed by atoms with E-state index in [-0.39, 0.29) is 24.3 Å². The number of alkyl halides is 3. The van der Waals surface area contributed by atoms with Crippen molar-refractivity contribution in [1.29, 1.82) is 0 Å². The van der Waals surface area contributed by atoms with Crippen molar-refractivity contribution in [3.63, 3.8) is 0 Å². The topological polar surface area (TPSA) is 67.2 Å². The van der Waals surface area contributed by atoms with Crippen LogP contribution >= 0.6 is 0 Å². The molecule has 162 valence electrons. The van der Waals surface area contributed by atoms with E-state index >= 15 is 0 Å². The number of rotatable bonds is 5. The Morgan fingerprint density at radius 3 is 2.57 bits per heavy atom.